The fraction of sp³-hybridized carbons (Fsp3) is 0.0714. The highest BCUT2D eigenvalue weighted by atomic mass is 32.2. The van der Waals surface area contributed by atoms with Gasteiger partial charge in [0.05, 0.1) is 27.6 Å². The number of primary sulfonamides is 1. The number of hydrogen-bond donors (Lipinski definition) is 3. The van der Waals surface area contributed by atoms with E-state index in [9.17, 15) is 18.0 Å². The lowest BCUT2D eigenvalue weighted by molar-refractivity contribution is -0.116. The maximum atomic E-state index is 12.3. The minimum Gasteiger partial charge on any atom is -0.312 e. The van der Waals surface area contributed by atoms with Crippen LogP contribution in [-0.4, -0.2) is 39.1 Å². The van der Waals surface area contributed by atoms with Crippen LogP contribution < -0.4 is 16.0 Å². The summed E-state index contributed by atoms with van der Waals surface area (Å²) >= 11 is 1.11. The molecule has 1 amide bonds. The molecule has 0 fully saturated rings. The predicted octanol–water partition coefficient (Wildman–Crippen LogP) is 0.0154. The number of anilines is 1. The van der Waals surface area contributed by atoms with Gasteiger partial charge in [-0.3, -0.25) is 9.59 Å². The SMILES string of the molecule is NS(=O)(=O)c1ccc2nc(NC(=O)Cn3ncc4c(=O)[nH]cnc43)sc2c1. The van der Waals surface area contributed by atoms with Gasteiger partial charge in [-0.1, -0.05) is 11.3 Å². The number of benzene rings is 1. The number of sulfonamides is 1. The Balaban J connectivity index is 1.57. The molecular weight excluding hydrogens is 394 g/mol. The first kappa shape index (κ1) is 17.3. The van der Waals surface area contributed by atoms with Crippen molar-refractivity contribution in [3.8, 4) is 0 Å². The van der Waals surface area contributed by atoms with Crippen molar-refractivity contribution in [3.63, 3.8) is 0 Å². The zero-order valence-electron chi connectivity index (χ0n) is 13.4. The Morgan fingerprint density at radius 3 is 2.96 bits per heavy atom. The van der Waals surface area contributed by atoms with Gasteiger partial charge in [-0.05, 0) is 18.2 Å². The highest BCUT2D eigenvalue weighted by Gasteiger charge is 2.14. The van der Waals surface area contributed by atoms with E-state index in [0.29, 0.717) is 15.3 Å². The van der Waals surface area contributed by atoms with Gasteiger partial charge in [-0.15, -0.1) is 0 Å². The van der Waals surface area contributed by atoms with E-state index in [1.807, 2.05) is 0 Å². The van der Waals surface area contributed by atoms with Crippen LogP contribution in [0.15, 0.2) is 40.4 Å². The third kappa shape index (κ3) is 3.30. The molecule has 0 saturated carbocycles. The van der Waals surface area contributed by atoms with Crippen LogP contribution in [-0.2, 0) is 21.4 Å². The summed E-state index contributed by atoms with van der Waals surface area (Å²) in [5.41, 5.74) is 0.472. The minimum absolute atomic E-state index is 0.0316. The van der Waals surface area contributed by atoms with E-state index in [0.717, 1.165) is 11.3 Å². The van der Waals surface area contributed by atoms with Gasteiger partial charge >= 0.3 is 0 Å². The largest absolute Gasteiger partial charge is 0.312 e. The van der Waals surface area contributed by atoms with Crippen molar-refractivity contribution < 1.29 is 13.2 Å². The molecule has 3 heterocycles. The van der Waals surface area contributed by atoms with E-state index in [4.69, 9.17) is 5.14 Å². The van der Waals surface area contributed by atoms with Crippen LogP contribution in [0.2, 0.25) is 0 Å². The van der Waals surface area contributed by atoms with Crippen molar-refractivity contribution in [2.45, 2.75) is 11.4 Å². The fourth-order valence-corrected chi connectivity index (χ4v) is 3.99. The number of fused-ring (bicyclic) bond motifs is 2. The number of carbonyl (C=O) groups excluding carboxylic acids is 1. The summed E-state index contributed by atoms with van der Waals surface area (Å²) in [6.45, 7) is -0.168. The molecule has 0 aliphatic rings. The van der Waals surface area contributed by atoms with Crippen LogP contribution in [0.25, 0.3) is 21.3 Å². The summed E-state index contributed by atoms with van der Waals surface area (Å²) < 4.78 is 24.7. The summed E-state index contributed by atoms with van der Waals surface area (Å²) in [6, 6.07) is 4.26. The first-order valence-electron chi connectivity index (χ1n) is 7.44. The number of hydrogen-bond acceptors (Lipinski definition) is 8. The highest BCUT2D eigenvalue weighted by molar-refractivity contribution is 7.89. The fourth-order valence-electron chi connectivity index (χ4n) is 2.45. The molecular formula is C14H11N7O4S2. The Morgan fingerprint density at radius 2 is 2.19 bits per heavy atom. The lowest BCUT2D eigenvalue weighted by atomic mass is 10.3. The molecule has 4 N–H and O–H groups in total. The van der Waals surface area contributed by atoms with Crippen molar-refractivity contribution in [1.29, 1.82) is 0 Å². The number of nitrogens with one attached hydrogen (secondary N) is 2. The summed E-state index contributed by atoms with van der Waals surface area (Å²) in [7, 11) is -3.82. The van der Waals surface area contributed by atoms with Crippen LogP contribution in [0.1, 0.15) is 0 Å². The highest BCUT2D eigenvalue weighted by Crippen LogP contribution is 2.27. The molecule has 0 atom stereocenters. The Hall–Kier alpha value is -3.16. The number of aromatic amines is 1. The van der Waals surface area contributed by atoms with Crippen LogP contribution in [0.4, 0.5) is 5.13 Å². The Labute approximate surface area is 154 Å². The number of carbonyl (C=O) groups is 1. The number of nitrogens with two attached hydrogens (primary N) is 1. The number of aromatic nitrogens is 5. The van der Waals surface area contributed by atoms with Crippen molar-refractivity contribution in [1.82, 2.24) is 24.7 Å². The molecule has 0 aliphatic carbocycles. The van der Waals surface area contributed by atoms with Gasteiger partial charge < -0.3 is 10.3 Å². The molecule has 4 rings (SSSR count). The molecule has 13 heteroatoms. The van der Waals surface area contributed by atoms with Gasteiger partial charge in [0.2, 0.25) is 15.9 Å². The Morgan fingerprint density at radius 1 is 1.37 bits per heavy atom. The van der Waals surface area contributed by atoms with E-state index >= 15 is 0 Å². The molecule has 1 aromatic carbocycles. The van der Waals surface area contributed by atoms with Gasteiger partial charge in [-0.2, -0.15) is 5.10 Å². The molecule has 0 spiro atoms. The molecule has 0 saturated heterocycles. The molecule has 4 aromatic rings. The zero-order valence-corrected chi connectivity index (χ0v) is 15.0. The van der Waals surface area contributed by atoms with E-state index < -0.39 is 15.9 Å². The van der Waals surface area contributed by atoms with E-state index in [1.54, 1.807) is 0 Å². The van der Waals surface area contributed by atoms with Crippen LogP contribution in [0, 0.1) is 0 Å². The van der Waals surface area contributed by atoms with Crippen molar-refractivity contribution in [3.05, 3.63) is 41.1 Å². The van der Waals surface area contributed by atoms with E-state index in [2.05, 4.69) is 25.4 Å². The number of rotatable bonds is 4. The quantitative estimate of drug-likeness (QED) is 0.430. The molecule has 27 heavy (non-hydrogen) atoms. The summed E-state index contributed by atoms with van der Waals surface area (Å²) in [5.74, 6) is -0.423. The molecule has 0 bridgehead atoms. The first-order valence-corrected chi connectivity index (χ1v) is 9.80. The third-order valence-electron chi connectivity index (χ3n) is 3.67. The molecule has 0 radical (unpaired) electrons. The average molecular weight is 405 g/mol. The number of amides is 1. The smallest absolute Gasteiger partial charge is 0.261 e. The Kier molecular flexibility index (Phi) is 3.98. The van der Waals surface area contributed by atoms with Crippen molar-refractivity contribution >= 4 is 53.6 Å². The number of H-pyrrole nitrogens is 1. The van der Waals surface area contributed by atoms with Gasteiger partial charge in [0.15, 0.2) is 10.8 Å². The molecule has 11 nitrogen and oxygen atoms in total. The number of thiazole rings is 1. The second-order valence-corrected chi connectivity index (χ2v) is 8.10. The van der Waals surface area contributed by atoms with Crippen molar-refractivity contribution in [2.75, 3.05) is 5.32 Å². The topological polar surface area (TPSA) is 166 Å². The minimum atomic E-state index is -3.82. The van der Waals surface area contributed by atoms with Crippen LogP contribution in [0.3, 0.4) is 0 Å². The first-order chi connectivity index (χ1) is 12.8. The average Bonchev–Trinajstić information content (AvgIpc) is 3.18. The van der Waals surface area contributed by atoms with Gasteiger partial charge in [0.1, 0.15) is 11.9 Å². The van der Waals surface area contributed by atoms with Gasteiger partial charge in [0.25, 0.3) is 5.56 Å². The normalized spacial score (nSPS) is 11.9. The van der Waals surface area contributed by atoms with Gasteiger partial charge in [0, 0.05) is 0 Å². The second kappa shape index (κ2) is 6.22. The monoisotopic (exact) mass is 405 g/mol. The third-order valence-corrected chi connectivity index (χ3v) is 5.51. The zero-order chi connectivity index (χ0) is 19.2. The summed E-state index contributed by atoms with van der Waals surface area (Å²) in [6.07, 6.45) is 2.57. The summed E-state index contributed by atoms with van der Waals surface area (Å²) in [4.78, 5) is 34.6. The lowest BCUT2D eigenvalue weighted by Gasteiger charge is -2.02. The summed E-state index contributed by atoms with van der Waals surface area (Å²) in [5, 5.41) is 12.3. The van der Waals surface area contributed by atoms with Crippen LogP contribution >= 0.6 is 11.3 Å². The van der Waals surface area contributed by atoms with Crippen molar-refractivity contribution in [2.24, 2.45) is 5.14 Å². The Bertz CT molecular complexity index is 1350. The molecule has 3 aromatic heterocycles. The van der Waals surface area contributed by atoms with Gasteiger partial charge in [-0.25, -0.2) is 28.2 Å². The maximum Gasteiger partial charge on any atom is 0.261 e. The predicted molar refractivity (Wildman–Crippen MR) is 97.8 cm³/mol. The molecule has 0 unspecified atom stereocenters. The maximum absolute atomic E-state index is 12.3. The lowest BCUT2D eigenvalue weighted by Crippen LogP contribution is -2.20. The van der Waals surface area contributed by atoms with Crippen LogP contribution in [0.5, 0.6) is 0 Å². The molecule has 0 aliphatic heterocycles. The standard InChI is InChI=1S/C14H11N7O4S2/c15-27(24,25)7-1-2-9-10(3-7)26-14(19-9)20-11(22)5-21-12-8(4-18-21)13(23)17-6-16-12/h1-4,6H,5H2,(H2,15,24,25)(H,16,17,23)(H,19,20,22). The number of nitrogens with zero attached hydrogens (tertiary/aromatic N) is 4. The second-order valence-electron chi connectivity index (χ2n) is 5.51. The van der Waals surface area contributed by atoms with E-state index in [1.165, 1.54) is 35.4 Å². The van der Waals surface area contributed by atoms with E-state index in [-0.39, 0.29) is 28.0 Å². The molecule has 138 valence electrons.